The molecule has 0 aromatic carbocycles. The number of hydrogen-bond donors (Lipinski definition) is 12. The van der Waals surface area contributed by atoms with E-state index in [2.05, 4.69) is 0 Å². The molecule has 39 heavy (non-hydrogen) atoms. The van der Waals surface area contributed by atoms with E-state index in [0.29, 0.717) is 0 Å². The van der Waals surface area contributed by atoms with Gasteiger partial charge in [0, 0.05) is 0 Å². The third-order valence-electron chi connectivity index (χ3n) is 7.40. The van der Waals surface area contributed by atoms with Gasteiger partial charge in [-0.25, -0.2) is 0 Å². The number of hydrogen-bond acceptors (Lipinski definition) is 16. The number of rotatable bonds is 13. The molecule has 13 N–H and O–H groups in total. The van der Waals surface area contributed by atoms with E-state index in [4.69, 9.17) is 24.7 Å². The van der Waals surface area contributed by atoms with Crippen molar-refractivity contribution >= 4 is 5.91 Å². The average molecular weight is 576 g/mol. The highest BCUT2D eigenvalue weighted by Gasteiger charge is 2.57. The number of primary amides is 1. The second kappa shape index (κ2) is 13.7. The molecule has 0 aliphatic carbocycles. The molecular formula is C22H41NO16. The second-order valence-corrected chi connectivity index (χ2v) is 9.75. The molecule has 0 saturated carbocycles. The summed E-state index contributed by atoms with van der Waals surface area (Å²) in [6.07, 6.45) is -21.7. The van der Waals surface area contributed by atoms with Crippen LogP contribution < -0.4 is 5.73 Å². The van der Waals surface area contributed by atoms with Crippen molar-refractivity contribution in [2.75, 3.05) is 19.8 Å². The smallest absolute Gasteiger partial charge is 0.252 e. The molecule has 2 heterocycles. The molecule has 17 nitrogen and oxygen atoms in total. The van der Waals surface area contributed by atoms with E-state index in [-0.39, 0.29) is 0 Å². The lowest BCUT2D eigenvalue weighted by Crippen LogP contribution is -2.69. The van der Waals surface area contributed by atoms with Gasteiger partial charge in [0.05, 0.1) is 19.8 Å². The first kappa shape index (κ1) is 34.1. The predicted molar refractivity (Wildman–Crippen MR) is 124 cm³/mol. The Morgan fingerprint density at radius 2 is 1.31 bits per heavy atom. The van der Waals surface area contributed by atoms with Gasteiger partial charge in [-0.3, -0.25) is 4.79 Å². The lowest BCUT2D eigenvalue weighted by Gasteiger charge is -2.45. The predicted octanol–water partition coefficient (Wildman–Crippen LogP) is -6.88. The van der Waals surface area contributed by atoms with Crippen LogP contribution in [0.2, 0.25) is 0 Å². The molecule has 0 bridgehead atoms. The maximum atomic E-state index is 11.8. The minimum atomic E-state index is -2.61. The lowest BCUT2D eigenvalue weighted by atomic mass is 9.73. The Hall–Kier alpha value is -1.13. The van der Waals surface area contributed by atoms with Crippen LogP contribution in [-0.4, -0.2) is 167 Å². The van der Waals surface area contributed by atoms with Crippen molar-refractivity contribution in [3.05, 3.63) is 0 Å². The molecule has 0 aromatic heterocycles. The Morgan fingerprint density at radius 1 is 0.821 bits per heavy atom. The first-order valence-corrected chi connectivity index (χ1v) is 12.4. The van der Waals surface area contributed by atoms with Gasteiger partial charge in [0.15, 0.2) is 18.2 Å². The van der Waals surface area contributed by atoms with E-state index < -0.39 is 123 Å². The van der Waals surface area contributed by atoms with Gasteiger partial charge in [-0.1, -0.05) is 13.8 Å². The fourth-order valence-electron chi connectivity index (χ4n) is 4.63. The molecular weight excluding hydrogens is 534 g/mol. The van der Waals surface area contributed by atoms with Gasteiger partial charge in [-0.05, 0) is 12.8 Å². The highest BCUT2D eigenvalue weighted by molar-refractivity contribution is 5.84. The van der Waals surface area contributed by atoms with Crippen LogP contribution >= 0.6 is 0 Å². The maximum Gasteiger partial charge on any atom is 0.252 e. The molecule has 14 atom stereocenters. The number of amides is 1. The largest absolute Gasteiger partial charge is 0.394 e. The number of aliphatic hydroxyl groups is 11. The monoisotopic (exact) mass is 575 g/mol. The van der Waals surface area contributed by atoms with Crippen LogP contribution in [-0.2, 0) is 23.7 Å². The van der Waals surface area contributed by atoms with Crippen molar-refractivity contribution in [1.29, 1.82) is 0 Å². The number of aliphatic hydroxyl groups excluding tert-OH is 9. The van der Waals surface area contributed by atoms with Crippen LogP contribution in [0.4, 0.5) is 0 Å². The van der Waals surface area contributed by atoms with Crippen molar-refractivity contribution in [1.82, 2.24) is 0 Å². The molecule has 2 aliphatic rings. The highest BCUT2D eigenvalue weighted by atomic mass is 16.7. The molecule has 2 rings (SSSR count). The summed E-state index contributed by atoms with van der Waals surface area (Å²) < 4.78 is 21.1. The first-order valence-electron chi connectivity index (χ1n) is 12.4. The van der Waals surface area contributed by atoms with Gasteiger partial charge < -0.3 is 80.9 Å². The summed E-state index contributed by atoms with van der Waals surface area (Å²) in [6.45, 7) is 0.437. The summed E-state index contributed by atoms with van der Waals surface area (Å²) in [4.78, 5) is 11.8. The zero-order valence-corrected chi connectivity index (χ0v) is 21.5. The maximum absolute atomic E-state index is 11.8. The summed E-state index contributed by atoms with van der Waals surface area (Å²) in [6, 6.07) is 0. The fraction of sp³-hybridized carbons (Fsp3) is 0.955. The third kappa shape index (κ3) is 6.69. The summed E-state index contributed by atoms with van der Waals surface area (Å²) >= 11 is 0. The van der Waals surface area contributed by atoms with Gasteiger partial charge >= 0.3 is 0 Å². The lowest BCUT2D eigenvalue weighted by molar-refractivity contribution is -0.334. The van der Waals surface area contributed by atoms with Gasteiger partial charge in [-0.2, -0.15) is 0 Å². The van der Waals surface area contributed by atoms with Crippen molar-refractivity contribution in [2.45, 2.75) is 112 Å². The quantitative estimate of drug-likeness (QED) is 0.0970. The van der Waals surface area contributed by atoms with E-state index in [1.54, 1.807) is 0 Å². The Morgan fingerprint density at radius 3 is 1.77 bits per heavy atom. The van der Waals surface area contributed by atoms with Gasteiger partial charge in [0.1, 0.15) is 66.6 Å². The zero-order valence-electron chi connectivity index (χ0n) is 21.5. The standard InChI is InChI=1S/C22H41NO16/c1-3-21(34,22(35,4-2)20(23)33)17(32)8(25)6-36-18-16(31)14(29)12(27)10(39-18)7-37-19-15(30)13(28)11(26)9(5-24)38-19/h8-19,24-32,34-35H,3-7H2,1-2H3,(H2,23,33)/t8-,9-,10-,11-,12-,13+,14+,15-,16-,17-,18+,19+,21+,22+/m1/s1. The van der Waals surface area contributed by atoms with Crippen LogP contribution in [0.25, 0.3) is 0 Å². The van der Waals surface area contributed by atoms with Crippen LogP contribution in [0.3, 0.4) is 0 Å². The Labute approximate surface area is 223 Å². The number of nitrogens with two attached hydrogens (primary N) is 1. The number of carbonyl (C=O) groups excluding carboxylic acids is 1. The number of ether oxygens (including phenoxy) is 4. The van der Waals surface area contributed by atoms with E-state index in [9.17, 15) is 61.0 Å². The van der Waals surface area contributed by atoms with Gasteiger partial charge in [-0.15, -0.1) is 0 Å². The Bertz CT molecular complexity index is 791. The van der Waals surface area contributed by atoms with Crippen molar-refractivity contribution in [3.63, 3.8) is 0 Å². The molecule has 0 unspecified atom stereocenters. The third-order valence-corrected chi connectivity index (χ3v) is 7.40. The minimum Gasteiger partial charge on any atom is -0.394 e. The Balaban J connectivity index is 2.06. The second-order valence-electron chi connectivity index (χ2n) is 9.75. The van der Waals surface area contributed by atoms with E-state index in [1.807, 2.05) is 0 Å². The normalized spacial score (nSPS) is 40.3. The molecule has 230 valence electrons. The zero-order chi connectivity index (χ0) is 29.9. The molecule has 2 saturated heterocycles. The van der Waals surface area contributed by atoms with Gasteiger partial charge in [0.2, 0.25) is 0 Å². The van der Waals surface area contributed by atoms with Crippen molar-refractivity contribution < 1.29 is 79.9 Å². The molecule has 2 aliphatic heterocycles. The molecule has 0 spiro atoms. The van der Waals surface area contributed by atoms with E-state index in [0.717, 1.165) is 0 Å². The van der Waals surface area contributed by atoms with Crippen LogP contribution in [0.5, 0.6) is 0 Å². The first-order chi connectivity index (χ1) is 18.1. The van der Waals surface area contributed by atoms with Crippen LogP contribution in [0, 0.1) is 0 Å². The summed E-state index contributed by atoms with van der Waals surface area (Å²) in [7, 11) is 0. The van der Waals surface area contributed by atoms with E-state index >= 15 is 0 Å². The molecule has 2 fully saturated rings. The fourth-order valence-corrected chi connectivity index (χ4v) is 4.63. The van der Waals surface area contributed by atoms with Crippen LogP contribution in [0.15, 0.2) is 0 Å². The molecule has 0 radical (unpaired) electrons. The van der Waals surface area contributed by atoms with Gasteiger partial charge in [0.25, 0.3) is 5.91 Å². The van der Waals surface area contributed by atoms with Crippen LogP contribution in [0.1, 0.15) is 26.7 Å². The topological polar surface area (TPSA) is 303 Å². The SMILES string of the molecule is CC[C@](O)(C(N)=O)[C@](O)(CC)[C@H](O)[C@H](O)CO[C@H]1O[C@H](CO[C@H]2O[C@H](CO)[C@@H](O)[C@H](O)[C@H]2O)[C@@H](O)[C@H](O)[C@H]1O. The summed E-state index contributed by atoms with van der Waals surface area (Å²) in [5.41, 5.74) is -0.0103. The summed E-state index contributed by atoms with van der Waals surface area (Å²) in [5, 5.41) is 112. The minimum absolute atomic E-state index is 0.401. The molecule has 0 aromatic rings. The van der Waals surface area contributed by atoms with E-state index in [1.165, 1.54) is 13.8 Å². The Kier molecular flexibility index (Phi) is 12.0. The molecule has 17 heteroatoms. The average Bonchev–Trinajstić information content (AvgIpc) is 2.92. The van der Waals surface area contributed by atoms with Crippen molar-refractivity contribution in [3.8, 4) is 0 Å². The van der Waals surface area contributed by atoms with Crippen molar-refractivity contribution in [2.24, 2.45) is 5.73 Å². The molecule has 1 amide bonds. The highest BCUT2D eigenvalue weighted by Crippen LogP contribution is 2.34. The number of carbonyl (C=O) groups is 1. The summed E-state index contributed by atoms with van der Waals surface area (Å²) in [5.74, 6) is -1.34.